The number of unbranched alkanes of at least 4 members (excludes halogenated alkanes) is 12. The van der Waals surface area contributed by atoms with Crippen LogP contribution in [0, 0.1) is 0 Å². The highest BCUT2D eigenvalue weighted by molar-refractivity contribution is 5.89. The molecule has 216 valence electrons. The third-order valence-electron chi connectivity index (χ3n) is 7.14. The average Bonchev–Trinajstić information content (AvgIpc) is 2.93. The molecule has 5 heteroatoms. The summed E-state index contributed by atoms with van der Waals surface area (Å²) < 4.78 is 20.5. The lowest BCUT2D eigenvalue weighted by Gasteiger charge is -2.19. The summed E-state index contributed by atoms with van der Waals surface area (Å²) in [6.07, 6.45) is 18.3. The van der Waals surface area contributed by atoms with Crippen LogP contribution in [0.5, 0.6) is 17.2 Å². The van der Waals surface area contributed by atoms with Crippen molar-refractivity contribution in [1.82, 2.24) is 4.57 Å². The van der Waals surface area contributed by atoms with E-state index in [4.69, 9.17) is 14.2 Å². The van der Waals surface area contributed by atoms with Crippen LogP contribution in [0.1, 0.15) is 130 Å². The molecule has 0 unspecified atom stereocenters. The number of benzene rings is 1. The van der Waals surface area contributed by atoms with Crippen molar-refractivity contribution in [1.29, 1.82) is 0 Å². The smallest absolute Gasteiger partial charge is 0.297 e. The molecule has 0 aliphatic rings. The molecule has 2 aromatic rings. The first-order valence-corrected chi connectivity index (χ1v) is 15.8. The van der Waals surface area contributed by atoms with E-state index in [1.807, 2.05) is 16.7 Å². The maximum atomic E-state index is 13.8. The minimum atomic E-state index is -0.0851. The van der Waals surface area contributed by atoms with Gasteiger partial charge in [0.2, 0.25) is 5.75 Å². The highest BCUT2D eigenvalue weighted by Gasteiger charge is 2.20. The van der Waals surface area contributed by atoms with Crippen molar-refractivity contribution in [3.8, 4) is 17.2 Å². The van der Waals surface area contributed by atoms with Gasteiger partial charge in [0.25, 0.3) is 5.56 Å². The summed E-state index contributed by atoms with van der Waals surface area (Å²) in [5, 5.41) is 0.937. The fourth-order valence-corrected chi connectivity index (χ4v) is 4.76. The van der Waals surface area contributed by atoms with Gasteiger partial charge in [-0.15, -0.1) is 0 Å². The Labute approximate surface area is 232 Å². The van der Waals surface area contributed by atoms with Crippen LogP contribution in [-0.2, 0) is 6.54 Å². The Morgan fingerprint density at radius 2 is 1.08 bits per heavy atom. The van der Waals surface area contributed by atoms with Gasteiger partial charge in [0, 0.05) is 18.0 Å². The topological polar surface area (TPSA) is 49.7 Å². The van der Waals surface area contributed by atoms with E-state index >= 15 is 0 Å². The highest BCUT2D eigenvalue weighted by atomic mass is 16.5. The van der Waals surface area contributed by atoms with Gasteiger partial charge in [0.05, 0.1) is 25.3 Å². The van der Waals surface area contributed by atoms with Crippen molar-refractivity contribution in [3.05, 3.63) is 28.6 Å². The first-order chi connectivity index (χ1) is 18.7. The van der Waals surface area contributed by atoms with Gasteiger partial charge in [-0.2, -0.15) is 0 Å². The standard InChI is InChI=1S/C33H55NO4/c1-5-9-13-16-17-20-24-36-28-21-22-29-30(27-28)34(23-12-8-4)33(35)32(38-26-19-15-11-7-3)31(29)37-25-18-14-10-6-2/h21-22,27H,5-20,23-26H2,1-4H3. The highest BCUT2D eigenvalue weighted by Crippen LogP contribution is 2.35. The fraction of sp³-hybridized carbons (Fsp3) is 0.727. The number of hydrogen-bond acceptors (Lipinski definition) is 4. The summed E-state index contributed by atoms with van der Waals surface area (Å²) in [6, 6.07) is 6.10. The molecule has 0 spiro atoms. The average molecular weight is 530 g/mol. The van der Waals surface area contributed by atoms with Crippen molar-refractivity contribution >= 4 is 10.9 Å². The predicted molar refractivity (Wildman–Crippen MR) is 161 cm³/mol. The molecule has 0 saturated heterocycles. The van der Waals surface area contributed by atoms with Gasteiger partial charge in [-0.25, -0.2) is 0 Å². The third kappa shape index (κ3) is 10.9. The molecule has 2 rings (SSSR count). The Hall–Kier alpha value is -2.17. The normalized spacial score (nSPS) is 11.3. The van der Waals surface area contributed by atoms with Gasteiger partial charge in [-0.1, -0.05) is 105 Å². The number of hydrogen-bond donors (Lipinski definition) is 0. The molecule has 0 bridgehead atoms. The van der Waals surface area contributed by atoms with Crippen LogP contribution in [0.4, 0.5) is 0 Å². The van der Waals surface area contributed by atoms with Crippen LogP contribution in [0.2, 0.25) is 0 Å². The van der Waals surface area contributed by atoms with E-state index in [2.05, 4.69) is 33.8 Å². The van der Waals surface area contributed by atoms with E-state index in [1.54, 1.807) is 0 Å². The van der Waals surface area contributed by atoms with E-state index in [0.717, 1.165) is 61.6 Å². The number of fused-ring (bicyclic) bond motifs is 1. The zero-order valence-electron chi connectivity index (χ0n) is 25.0. The number of pyridine rings is 1. The maximum absolute atomic E-state index is 13.8. The molecule has 0 aliphatic carbocycles. The van der Waals surface area contributed by atoms with Crippen molar-refractivity contribution in [2.24, 2.45) is 0 Å². The van der Waals surface area contributed by atoms with E-state index < -0.39 is 0 Å². The van der Waals surface area contributed by atoms with Crippen molar-refractivity contribution < 1.29 is 14.2 Å². The monoisotopic (exact) mass is 529 g/mol. The van der Waals surface area contributed by atoms with Gasteiger partial charge >= 0.3 is 0 Å². The SMILES string of the molecule is CCCCCCCCOc1ccc2c(OCCCCCC)c(OCCCCCC)c(=O)n(CCCC)c2c1. The van der Waals surface area contributed by atoms with Crippen LogP contribution >= 0.6 is 0 Å². The fourth-order valence-electron chi connectivity index (χ4n) is 4.76. The van der Waals surface area contributed by atoms with Crippen LogP contribution in [0.25, 0.3) is 10.9 Å². The largest absolute Gasteiger partial charge is 0.494 e. The Morgan fingerprint density at radius 1 is 0.579 bits per heavy atom. The van der Waals surface area contributed by atoms with Crippen LogP contribution in [0.15, 0.2) is 23.0 Å². The lowest BCUT2D eigenvalue weighted by molar-refractivity contribution is 0.256. The molecule has 0 aliphatic heterocycles. The summed E-state index contributed by atoms with van der Waals surface area (Å²) >= 11 is 0. The third-order valence-corrected chi connectivity index (χ3v) is 7.14. The molecule has 0 N–H and O–H groups in total. The van der Waals surface area contributed by atoms with Crippen LogP contribution in [-0.4, -0.2) is 24.4 Å². The Kier molecular flexibility index (Phi) is 16.7. The van der Waals surface area contributed by atoms with Gasteiger partial charge in [0.1, 0.15) is 5.75 Å². The van der Waals surface area contributed by atoms with Gasteiger partial charge < -0.3 is 18.8 Å². The minimum absolute atomic E-state index is 0.0851. The van der Waals surface area contributed by atoms with E-state index in [9.17, 15) is 4.79 Å². The molecule has 0 amide bonds. The molecule has 0 radical (unpaired) electrons. The second-order valence-electron chi connectivity index (χ2n) is 10.6. The first-order valence-electron chi connectivity index (χ1n) is 15.8. The van der Waals surface area contributed by atoms with E-state index in [-0.39, 0.29) is 5.56 Å². The summed E-state index contributed by atoms with van der Waals surface area (Å²) in [6.45, 7) is 11.3. The number of rotatable bonds is 23. The predicted octanol–water partition coefficient (Wildman–Crippen LogP) is 9.46. The van der Waals surface area contributed by atoms with Crippen molar-refractivity contribution in [2.45, 2.75) is 137 Å². The second-order valence-corrected chi connectivity index (χ2v) is 10.6. The number of ether oxygens (including phenoxy) is 3. The molecule has 1 aromatic carbocycles. The molecule has 1 aromatic heterocycles. The van der Waals surface area contributed by atoms with Gasteiger partial charge in [-0.3, -0.25) is 4.79 Å². The molecular weight excluding hydrogens is 474 g/mol. The molecular formula is C33H55NO4. The summed E-state index contributed by atoms with van der Waals surface area (Å²) in [5.41, 5.74) is 0.795. The van der Waals surface area contributed by atoms with E-state index in [0.29, 0.717) is 37.9 Å². The summed E-state index contributed by atoms with van der Waals surface area (Å²) in [5.74, 6) is 1.80. The zero-order valence-corrected chi connectivity index (χ0v) is 25.0. The molecule has 5 nitrogen and oxygen atoms in total. The van der Waals surface area contributed by atoms with Crippen LogP contribution in [0.3, 0.4) is 0 Å². The van der Waals surface area contributed by atoms with Gasteiger partial charge in [-0.05, 0) is 37.8 Å². The molecule has 1 heterocycles. The quantitative estimate of drug-likeness (QED) is 0.135. The van der Waals surface area contributed by atoms with Crippen molar-refractivity contribution in [2.75, 3.05) is 19.8 Å². The summed E-state index contributed by atoms with van der Waals surface area (Å²) in [4.78, 5) is 13.8. The minimum Gasteiger partial charge on any atom is -0.494 e. The van der Waals surface area contributed by atoms with Crippen molar-refractivity contribution in [3.63, 3.8) is 0 Å². The maximum Gasteiger partial charge on any atom is 0.297 e. The Bertz CT molecular complexity index is 952. The lowest BCUT2D eigenvalue weighted by atomic mass is 10.1. The molecule has 38 heavy (non-hydrogen) atoms. The van der Waals surface area contributed by atoms with Gasteiger partial charge in [0.15, 0.2) is 5.75 Å². The number of aromatic nitrogens is 1. The molecule has 0 fully saturated rings. The zero-order chi connectivity index (χ0) is 27.4. The second kappa shape index (κ2) is 19.8. The summed E-state index contributed by atoms with van der Waals surface area (Å²) in [7, 11) is 0. The lowest BCUT2D eigenvalue weighted by Crippen LogP contribution is -2.24. The molecule has 0 atom stereocenters. The number of nitrogens with zero attached hydrogens (tertiary/aromatic N) is 1. The number of aryl methyl sites for hydroxylation is 1. The van der Waals surface area contributed by atoms with Crippen LogP contribution < -0.4 is 19.8 Å². The Balaban J connectivity index is 2.31. The van der Waals surface area contributed by atoms with E-state index in [1.165, 1.54) is 57.8 Å². The first kappa shape index (κ1) is 32.0. The Morgan fingerprint density at radius 3 is 1.68 bits per heavy atom. The molecule has 0 saturated carbocycles.